The molecule has 0 spiro atoms. The molecule has 0 radical (unpaired) electrons. The third-order valence-electron chi connectivity index (χ3n) is 2.74. The first-order valence-corrected chi connectivity index (χ1v) is 7.26. The molecule has 0 saturated heterocycles. The van der Waals surface area contributed by atoms with Crippen LogP contribution in [0.5, 0.6) is 5.75 Å². The van der Waals surface area contributed by atoms with Crippen LogP contribution in [0.4, 0.5) is 0 Å². The van der Waals surface area contributed by atoms with Gasteiger partial charge in [-0.05, 0) is 24.3 Å². The zero-order chi connectivity index (χ0) is 14.8. The van der Waals surface area contributed by atoms with E-state index in [1.54, 1.807) is 30.4 Å². The summed E-state index contributed by atoms with van der Waals surface area (Å²) >= 11 is 7.28. The molecular weight excluding hydrogens is 310 g/mol. The molecule has 21 heavy (non-hydrogen) atoms. The van der Waals surface area contributed by atoms with Crippen molar-refractivity contribution in [3.63, 3.8) is 0 Å². The van der Waals surface area contributed by atoms with E-state index in [0.29, 0.717) is 26.9 Å². The number of hydrogen-bond acceptors (Lipinski definition) is 5. The van der Waals surface area contributed by atoms with Crippen LogP contribution in [0.15, 0.2) is 42.0 Å². The van der Waals surface area contributed by atoms with Crippen molar-refractivity contribution in [3.8, 4) is 5.75 Å². The van der Waals surface area contributed by atoms with Gasteiger partial charge in [0.2, 0.25) is 4.96 Å². The number of fused-ring (bicyclic) bond motifs is 1. The van der Waals surface area contributed by atoms with Crippen LogP contribution in [-0.4, -0.2) is 21.2 Å². The number of nitrogens with zero attached hydrogens (tertiary/aromatic N) is 3. The molecule has 3 aromatic rings. The molecule has 0 aliphatic carbocycles. The quantitative estimate of drug-likeness (QED) is 0.689. The van der Waals surface area contributed by atoms with E-state index in [4.69, 9.17) is 16.3 Å². The predicted molar refractivity (Wildman–Crippen MR) is 83.1 cm³/mol. The van der Waals surface area contributed by atoms with Gasteiger partial charge in [-0.1, -0.05) is 35.6 Å². The number of thiazole rings is 1. The molecule has 5 nitrogen and oxygen atoms in total. The summed E-state index contributed by atoms with van der Waals surface area (Å²) in [6.07, 6.45) is 4.74. The zero-order valence-electron chi connectivity index (χ0n) is 10.8. The van der Waals surface area contributed by atoms with E-state index in [2.05, 4.69) is 16.7 Å². The lowest BCUT2D eigenvalue weighted by atomic mass is 10.2. The molecular formula is C14H10ClN3O2S. The summed E-state index contributed by atoms with van der Waals surface area (Å²) in [6, 6.07) is 5.24. The second kappa shape index (κ2) is 5.67. The molecule has 7 heteroatoms. The predicted octanol–water partition coefficient (Wildman–Crippen LogP) is 1.92. The van der Waals surface area contributed by atoms with E-state index in [0.717, 1.165) is 5.56 Å². The van der Waals surface area contributed by atoms with Crippen LogP contribution in [-0.2, 0) is 0 Å². The highest BCUT2D eigenvalue weighted by molar-refractivity contribution is 7.15. The van der Waals surface area contributed by atoms with Gasteiger partial charge in [0.15, 0.2) is 0 Å². The van der Waals surface area contributed by atoms with Crippen molar-refractivity contribution in [1.29, 1.82) is 0 Å². The first-order valence-electron chi connectivity index (χ1n) is 6.06. The van der Waals surface area contributed by atoms with Gasteiger partial charge in [-0.3, -0.25) is 4.79 Å². The molecule has 0 saturated carbocycles. The Morgan fingerprint density at radius 3 is 3.10 bits per heavy atom. The molecule has 0 atom stereocenters. The lowest BCUT2D eigenvalue weighted by molar-refractivity contribution is 0.362. The minimum absolute atomic E-state index is 0.206. The first-order chi connectivity index (χ1) is 10.2. The Hall–Kier alpha value is -2.18. The summed E-state index contributed by atoms with van der Waals surface area (Å²) in [5.74, 6) is 0.637. The van der Waals surface area contributed by atoms with Gasteiger partial charge in [0.05, 0.1) is 4.53 Å². The van der Waals surface area contributed by atoms with Crippen LogP contribution in [0.1, 0.15) is 5.56 Å². The number of hydrogen-bond donors (Lipinski definition) is 0. The van der Waals surface area contributed by atoms with E-state index in [1.807, 2.05) is 0 Å². The Morgan fingerprint density at radius 1 is 1.48 bits per heavy atom. The van der Waals surface area contributed by atoms with E-state index in [9.17, 15) is 4.79 Å². The highest BCUT2D eigenvalue weighted by Crippen LogP contribution is 2.23. The minimum Gasteiger partial charge on any atom is -0.489 e. The van der Waals surface area contributed by atoms with Crippen LogP contribution < -0.4 is 14.8 Å². The van der Waals surface area contributed by atoms with Crippen molar-refractivity contribution in [2.24, 2.45) is 0 Å². The maximum absolute atomic E-state index is 12.2. The third kappa shape index (κ3) is 2.68. The second-order valence-corrected chi connectivity index (χ2v) is 5.60. The molecule has 0 aliphatic heterocycles. The Balaban J connectivity index is 2.15. The number of halogens is 1. The molecule has 0 aliphatic rings. The van der Waals surface area contributed by atoms with Crippen molar-refractivity contribution >= 4 is 34.0 Å². The molecule has 0 unspecified atom stereocenters. The standard InChI is InChI=1S/C14H10ClN3O2S/c1-2-5-20-11-4-3-10(15)6-9(11)7-12-13(19)18-14(21-12)16-8-17-18/h2-4,6-8H,1,5H2/b12-7-. The smallest absolute Gasteiger partial charge is 0.291 e. The van der Waals surface area contributed by atoms with E-state index < -0.39 is 0 Å². The van der Waals surface area contributed by atoms with Crippen molar-refractivity contribution in [1.82, 2.24) is 14.6 Å². The van der Waals surface area contributed by atoms with Gasteiger partial charge in [-0.2, -0.15) is 9.61 Å². The zero-order valence-corrected chi connectivity index (χ0v) is 12.4. The van der Waals surface area contributed by atoms with Crippen LogP contribution in [0.2, 0.25) is 5.02 Å². The highest BCUT2D eigenvalue weighted by atomic mass is 35.5. The van der Waals surface area contributed by atoms with Gasteiger partial charge in [0.1, 0.15) is 18.7 Å². The Bertz CT molecular complexity index is 916. The fourth-order valence-electron chi connectivity index (χ4n) is 1.83. The molecule has 106 valence electrons. The molecule has 0 amide bonds. The van der Waals surface area contributed by atoms with E-state index in [-0.39, 0.29) is 5.56 Å². The van der Waals surface area contributed by atoms with Crippen LogP contribution in [0, 0.1) is 0 Å². The SMILES string of the molecule is C=CCOc1ccc(Cl)cc1/C=c1\sc2ncnn2c1=O. The molecule has 0 N–H and O–H groups in total. The maximum Gasteiger partial charge on any atom is 0.291 e. The third-order valence-corrected chi connectivity index (χ3v) is 3.94. The number of aromatic nitrogens is 3. The number of rotatable bonds is 4. The minimum atomic E-state index is -0.206. The maximum atomic E-state index is 12.2. The summed E-state index contributed by atoms with van der Waals surface area (Å²) in [6.45, 7) is 3.99. The first kappa shape index (κ1) is 13.8. The van der Waals surface area contributed by atoms with Gasteiger partial charge in [-0.25, -0.2) is 4.98 Å². The second-order valence-electron chi connectivity index (χ2n) is 4.15. The van der Waals surface area contributed by atoms with Gasteiger partial charge in [0, 0.05) is 10.6 Å². The molecule has 2 heterocycles. The van der Waals surface area contributed by atoms with Crippen molar-refractivity contribution < 1.29 is 4.74 Å². The van der Waals surface area contributed by atoms with Crippen molar-refractivity contribution in [2.75, 3.05) is 6.61 Å². The average Bonchev–Trinajstić information content (AvgIpc) is 3.03. The van der Waals surface area contributed by atoms with Crippen LogP contribution in [0.25, 0.3) is 11.0 Å². The molecule has 1 aromatic carbocycles. The van der Waals surface area contributed by atoms with Crippen LogP contribution >= 0.6 is 22.9 Å². The Kier molecular flexibility index (Phi) is 3.72. The largest absolute Gasteiger partial charge is 0.489 e. The fraction of sp³-hybridized carbons (Fsp3) is 0.0714. The number of benzene rings is 1. The monoisotopic (exact) mass is 319 g/mol. The van der Waals surface area contributed by atoms with E-state index in [1.165, 1.54) is 22.2 Å². The van der Waals surface area contributed by atoms with Crippen molar-refractivity contribution in [2.45, 2.75) is 0 Å². The lowest BCUT2D eigenvalue weighted by Gasteiger charge is -2.07. The van der Waals surface area contributed by atoms with Gasteiger partial charge < -0.3 is 4.74 Å². The van der Waals surface area contributed by atoms with Gasteiger partial charge in [-0.15, -0.1) is 0 Å². The summed E-state index contributed by atoms with van der Waals surface area (Å²) in [7, 11) is 0. The van der Waals surface area contributed by atoms with E-state index >= 15 is 0 Å². The summed E-state index contributed by atoms with van der Waals surface area (Å²) < 4.78 is 7.36. The molecule has 2 aromatic heterocycles. The van der Waals surface area contributed by atoms with Gasteiger partial charge >= 0.3 is 0 Å². The van der Waals surface area contributed by atoms with Gasteiger partial charge in [0.25, 0.3) is 5.56 Å². The highest BCUT2D eigenvalue weighted by Gasteiger charge is 2.07. The Labute approximate surface area is 128 Å². The molecule has 3 rings (SSSR count). The van der Waals surface area contributed by atoms with Crippen LogP contribution in [0.3, 0.4) is 0 Å². The normalized spacial score (nSPS) is 12.0. The summed E-state index contributed by atoms with van der Waals surface area (Å²) in [4.78, 5) is 16.7. The summed E-state index contributed by atoms with van der Waals surface area (Å²) in [5, 5.41) is 4.45. The molecule has 0 fully saturated rings. The molecule has 0 bridgehead atoms. The Morgan fingerprint density at radius 2 is 2.33 bits per heavy atom. The topological polar surface area (TPSA) is 56.5 Å². The summed E-state index contributed by atoms with van der Waals surface area (Å²) in [5.41, 5.74) is 0.521. The van der Waals surface area contributed by atoms with Crippen molar-refractivity contribution in [3.05, 3.63) is 62.7 Å². The average molecular weight is 320 g/mol. The lowest BCUT2D eigenvalue weighted by Crippen LogP contribution is -2.23. The number of ether oxygens (including phenoxy) is 1. The fourth-order valence-corrected chi connectivity index (χ4v) is 2.88.